The van der Waals surface area contributed by atoms with Crippen LogP contribution in [0.25, 0.3) is 0 Å². The molecular weight excluding hydrogens is 232 g/mol. The number of aliphatic hydroxyl groups excluding tert-OH is 4. The Morgan fingerprint density at radius 2 is 1.75 bits per heavy atom. The Bertz CT molecular complexity index is 150. The van der Waals surface area contributed by atoms with Gasteiger partial charge in [0.05, 0.1) is 23.6 Å². The van der Waals surface area contributed by atoms with Gasteiger partial charge in [0.1, 0.15) is 6.10 Å². The fourth-order valence-corrected chi connectivity index (χ4v) is 1.66. The molecule has 1 rings (SSSR count). The predicted molar refractivity (Wildman–Crippen MR) is 42.7 cm³/mol. The van der Waals surface area contributed by atoms with Gasteiger partial charge in [-0.2, -0.15) is 0 Å². The summed E-state index contributed by atoms with van der Waals surface area (Å²) in [5, 5.41) is 36.1. The molecule has 1 saturated heterocycles. The first-order valence-electron chi connectivity index (χ1n) is 3.52. The standard InChI is InChI=1S/C6H11BrO5/c7-3-2(1-8)12-6(11)5(10)4(3)9/h2-6,8-11H,1H2/t2-,3-,4+,5-,6?/m1/s1. The van der Waals surface area contributed by atoms with Crippen molar-refractivity contribution in [3.8, 4) is 0 Å². The number of ether oxygens (including phenoxy) is 1. The highest BCUT2D eigenvalue weighted by Crippen LogP contribution is 2.24. The molecule has 6 heteroatoms. The first kappa shape index (κ1) is 10.4. The van der Waals surface area contributed by atoms with E-state index >= 15 is 0 Å². The van der Waals surface area contributed by atoms with E-state index in [2.05, 4.69) is 15.9 Å². The highest BCUT2D eigenvalue weighted by Gasteiger charge is 2.42. The lowest BCUT2D eigenvalue weighted by molar-refractivity contribution is -0.247. The zero-order chi connectivity index (χ0) is 9.30. The minimum atomic E-state index is -1.44. The van der Waals surface area contributed by atoms with Crippen molar-refractivity contribution in [2.24, 2.45) is 0 Å². The summed E-state index contributed by atoms with van der Waals surface area (Å²) in [6.45, 7) is -0.323. The molecule has 0 aromatic rings. The molecule has 5 atom stereocenters. The molecule has 0 bridgehead atoms. The van der Waals surface area contributed by atoms with E-state index in [0.717, 1.165) is 0 Å². The van der Waals surface area contributed by atoms with Crippen molar-refractivity contribution in [1.82, 2.24) is 0 Å². The summed E-state index contributed by atoms with van der Waals surface area (Å²) in [5.41, 5.74) is 0. The van der Waals surface area contributed by atoms with Crippen LogP contribution in [0.2, 0.25) is 0 Å². The van der Waals surface area contributed by atoms with Crippen molar-refractivity contribution in [1.29, 1.82) is 0 Å². The molecule has 1 heterocycles. The molecule has 1 unspecified atom stereocenters. The Balaban J connectivity index is 2.63. The van der Waals surface area contributed by atoms with Gasteiger partial charge in [-0.1, -0.05) is 15.9 Å². The highest BCUT2D eigenvalue weighted by molar-refractivity contribution is 9.09. The van der Waals surface area contributed by atoms with E-state index in [9.17, 15) is 5.11 Å². The Kier molecular flexibility index (Phi) is 3.45. The molecule has 0 aliphatic carbocycles. The van der Waals surface area contributed by atoms with Crippen molar-refractivity contribution in [2.75, 3.05) is 6.61 Å². The molecule has 72 valence electrons. The topological polar surface area (TPSA) is 90.2 Å². The summed E-state index contributed by atoms with van der Waals surface area (Å²) in [6, 6.07) is 0. The molecule has 4 N–H and O–H groups in total. The molecule has 0 radical (unpaired) electrons. The lowest BCUT2D eigenvalue weighted by Crippen LogP contribution is -2.56. The number of hydrogen-bond donors (Lipinski definition) is 4. The van der Waals surface area contributed by atoms with Crippen molar-refractivity contribution in [3.05, 3.63) is 0 Å². The van der Waals surface area contributed by atoms with Gasteiger partial charge in [-0.05, 0) is 0 Å². The van der Waals surface area contributed by atoms with Crippen LogP contribution in [-0.4, -0.2) is 56.5 Å². The Hall–Kier alpha value is 0.280. The van der Waals surface area contributed by atoms with Gasteiger partial charge in [-0.15, -0.1) is 0 Å². The first-order valence-corrected chi connectivity index (χ1v) is 4.44. The van der Waals surface area contributed by atoms with Gasteiger partial charge in [-0.25, -0.2) is 0 Å². The molecule has 0 saturated carbocycles. The Morgan fingerprint density at radius 3 is 2.25 bits per heavy atom. The normalized spacial score (nSPS) is 49.2. The second-order valence-electron chi connectivity index (χ2n) is 2.67. The number of rotatable bonds is 1. The number of halogens is 1. The lowest BCUT2D eigenvalue weighted by Gasteiger charge is -2.37. The van der Waals surface area contributed by atoms with E-state index in [1.807, 2.05) is 0 Å². The van der Waals surface area contributed by atoms with Crippen molar-refractivity contribution in [2.45, 2.75) is 29.4 Å². The monoisotopic (exact) mass is 242 g/mol. The van der Waals surface area contributed by atoms with Crippen LogP contribution >= 0.6 is 15.9 Å². The average Bonchev–Trinajstić information content (AvgIpc) is 2.08. The quantitative estimate of drug-likeness (QED) is 0.407. The van der Waals surface area contributed by atoms with Gasteiger partial charge in [-0.3, -0.25) is 0 Å². The molecular formula is C6H11BrO5. The predicted octanol–water partition coefficient (Wildman–Crippen LogP) is -1.82. The van der Waals surface area contributed by atoms with Gasteiger partial charge in [0.25, 0.3) is 0 Å². The van der Waals surface area contributed by atoms with Crippen LogP contribution in [0.4, 0.5) is 0 Å². The number of aliphatic hydroxyl groups is 4. The maximum atomic E-state index is 9.27. The van der Waals surface area contributed by atoms with Gasteiger partial charge < -0.3 is 25.2 Å². The molecule has 0 aromatic heterocycles. The molecule has 12 heavy (non-hydrogen) atoms. The molecule has 0 spiro atoms. The largest absolute Gasteiger partial charge is 0.394 e. The van der Waals surface area contributed by atoms with Gasteiger partial charge in [0, 0.05) is 0 Å². The smallest absolute Gasteiger partial charge is 0.183 e. The summed E-state index contributed by atoms with van der Waals surface area (Å²) >= 11 is 3.04. The van der Waals surface area contributed by atoms with Crippen LogP contribution in [-0.2, 0) is 4.74 Å². The number of hydrogen-bond acceptors (Lipinski definition) is 5. The third-order valence-electron chi connectivity index (χ3n) is 1.82. The van der Waals surface area contributed by atoms with Crippen LogP contribution < -0.4 is 0 Å². The minimum absolute atomic E-state index is 0.323. The fraction of sp³-hybridized carbons (Fsp3) is 1.00. The van der Waals surface area contributed by atoms with E-state index in [0.29, 0.717) is 0 Å². The molecule has 0 aromatic carbocycles. The van der Waals surface area contributed by atoms with Crippen LogP contribution in [0.5, 0.6) is 0 Å². The lowest BCUT2D eigenvalue weighted by atomic mass is 10.0. The van der Waals surface area contributed by atoms with Crippen LogP contribution in [0, 0.1) is 0 Å². The van der Waals surface area contributed by atoms with E-state index < -0.39 is 29.4 Å². The third-order valence-corrected chi connectivity index (χ3v) is 2.95. The highest BCUT2D eigenvalue weighted by atomic mass is 79.9. The first-order chi connectivity index (χ1) is 5.57. The Labute approximate surface area is 77.7 Å². The zero-order valence-electron chi connectivity index (χ0n) is 6.17. The van der Waals surface area contributed by atoms with Gasteiger partial charge in [0.15, 0.2) is 6.29 Å². The molecule has 5 nitrogen and oxygen atoms in total. The molecule has 1 aliphatic heterocycles. The zero-order valence-corrected chi connectivity index (χ0v) is 7.75. The van der Waals surface area contributed by atoms with E-state index in [1.165, 1.54) is 0 Å². The SMILES string of the molecule is OC[C@H]1OC(O)[C@H](O)[C@@H](O)[C@@H]1Br. The van der Waals surface area contributed by atoms with Gasteiger partial charge in [0.2, 0.25) is 0 Å². The fourth-order valence-electron chi connectivity index (χ4n) is 1.06. The van der Waals surface area contributed by atoms with Crippen LogP contribution in [0.15, 0.2) is 0 Å². The molecule has 0 amide bonds. The maximum absolute atomic E-state index is 9.27. The third kappa shape index (κ3) is 1.78. The summed E-state index contributed by atoms with van der Waals surface area (Å²) in [4.78, 5) is -0.569. The summed E-state index contributed by atoms with van der Waals surface area (Å²) in [7, 11) is 0. The minimum Gasteiger partial charge on any atom is -0.394 e. The molecule has 1 fully saturated rings. The van der Waals surface area contributed by atoms with Crippen molar-refractivity contribution >= 4 is 15.9 Å². The summed E-state index contributed by atoms with van der Waals surface area (Å²) in [6.07, 6.45) is -4.60. The summed E-state index contributed by atoms with van der Waals surface area (Å²) < 4.78 is 4.78. The van der Waals surface area contributed by atoms with Crippen LogP contribution in [0.1, 0.15) is 0 Å². The second-order valence-corrected chi connectivity index (χ2v) is 3.73. The number of alkyl halides is 1. The van der Waals surface area contributed by atoms with E-state index in [-0.39, 0.29) is 6.61 Å². The van der Waals surface area contributed by atoms with Crippen molar-refractivity contribution < 1.29 is 25.2 Å². The van der Waals surface area contributed by atoms with Crippen molar-refractivity contribution in [3.63, 3.8) is 0 Å². The molecule has 1 aliphatic rings. The average molecular weight is 243 g/mol. The van der Waals surface area contributed by atoms with E-state index in [1.54, 1.807) is 0 Å². The van der Waals surface area contributed by atoms with Crippen LogP contribution in [0.3, 0.4) is 0 Å². The second kappa shape index (κ2) is 3.99. The van der Waals surface area contributed by atoms with E-state index in [4.69, 9.17) is 20.1 Å². The summed E-state index contributed by atoms with van der Waals surface area (Å²) in [5.74, 6) is 0. The van der Waals surface area contributed by atoms with Gasteiger partial charge >= 0.3 is 0 Å². The maximum Gasteiger partial charge on any atom is 0.183 e. The Morgan fingerprint density at radius 1 is 1.17 bits per heavy atom.